The maximum Gasteiger partial charge on any atom is 0.143 e. The number of methoxy groups -OCH3 is 1. The number of unbranched alkanes of at least 4 members (excludes halogenated alkanes) is 1. The molecule has 0 N–H and O–H groups in total. The van der Waals surface area contributed by atoms with E-state index in [9.17, 15) is 0 Å². The van der Waals surface area contributed by atoms with Crippen molar-refractivity contribution in [1.29, 1.82) is 0 Å². The fraction of sp³-hybridized carbons (Fsp3) is 0.364. The number of hydrogen-bond donors (Lipinski definition) is 0. The molecule has 0 radical (unpaired) electrons. The van der Waals surface area contributed by atoms with Gasteiger partial charge in [0.2, 0.25) is 0 Å². The van der Waals surface area contributed by atoms with Gasteiger partial charge in [-0.25, -0.2) is 0 Å². The van der Waals surface area contributed by atoms with Gasteiger partial charge in [-0.1, -0.05) is 85.3 Å². The molecule has 126 valence electrons. The quantitative estimate of drug-likeness (QED) is 0.714. The molecule has 0 saturated heterocycles. The fourth-order valence-electron chi connectivity index (χ4n) is 3.97. The summed E-state index contributed by atoms with van der Waals surface area (Å²) in [4.78, 5) is 0. The molecule has 1 heterocycles. The molecule has 0 amide bonds. The molecule has 24 heavy (non-hydrogen) atoms. The van der Waals surface area contributed by atoms with Gasteiger partial charge in [0.15, 0.2) is 0 Å². The van der Waals surface area contributed by atoms with E-state index in [4.69, 9.17) is 4.74 Å². The monoisotopic (exact) mass is 336 g/mol. The molecule has 1 unspecified atom stereocenters. The summed E-state index contributed by atoms with van der Waals surface area (Å²) in [6, 6.07) is 23.4. The second-order valence-corrected chi connectivity index (χ2v) is 10.7. The van der Waals surface area contributed by atoms with Crippen LogP contribution in [0.2, 0.25) is 6.04 Å². The van der Waals surface area contributed by atoms with E-state index < -0.39 is 8.07 Å². The van der Waals surface area contributed by atoms with Crippen LogP contribution in [0.4, 0.5) is 0 Å². The van der Waals surface area contributed by atoms with E-state index in [2.05, 4.69) is 73.3 Å². The van der Waals surface area contributed by atoms with Crippen LogP contribution in [0.25, 0.3) is 0 Å². The number of benzene rings is 2. The summed E-state index contributed by atoms with van der Waals surface area (Å²) >= 11 is 0. The van der Waals surface area contributed by atoms with Crippen LogP contribution in [-0.4, -0.2) is 21.3 Å². The second kappa shape index (κ2) is 7.95. The van der Waals surface area contributed by atoms with Crippen molar-refractivity contribution >= 4 is 18.4 Å². The van der Waals surface area contributed by atoms with Gasteiger partial charge >= 0.3 is 0 Å². The minimum absolute atomic E-state index is 0.342. The number of hydrogen-bond acceptors (Lipinski definition) is 1. The first-order valence-corrected chi connectivity index (χ1v) is 11.4. The summed E-state index contributed by atoms with van der Waals surface area (Å²) < 4.78 is 5.89. The normalized spacial score (nSPS) is 19.8. The third-order valence-electron chi connectivity index (χ3n) is 5.25. The molecule has 1 atom stereocenters. The Morgan fingerprint density at radius 3 is 2.04 bits per heavy atom. The van der Waals surface area contributed by atoms with Gasteiger partial charge in [-0.2, -0.15) is 0 Å². The summed E-state index contributed by atoms with van der Waals surface area (Å²) in [7, 11) is -0.0415. The molecule has 0 fully saturated rings. The van der Waals surface area contributed by atoms with Crippen molar-refractivity contribution in [2.75, 3.05) is 7.11 Å². The molecule has 2 aromatic carbocycles. The summed E-state index contributed by atoms with van der Waals surface area (Å²) in [5, 5.41) is 3.01. The van der Waals surface area contributed by atoms with Crippen molar-refractivity contribution in [1.82, 2.24) is 0 Å². The minimum Gasteiger partial charge on any atom is -0.381 e. The molecule has 0 aliphatic carbocycles. The smallest absolute Gasteiger partial charge is 0.143 e. The Hall–Kier alpha value is -1.64. The Morgan fingerprint density at radius 1 is 0.958 bits per heavy atom. The maximum atomic E-state index is 5.89. The van der Waals surface area contributed by atoms with E-state index in [1.54, 1.807) is 5.57 Å². The average molecular weight is 337 g/mol. The molecule has 2 aromatic rings. The Bertz CT molecular complexity index is 623. The molecule has 1 aliphatic rings. The van der Waals surface area contributed by atoms with Gasteiger partial charge in [-0.05, 0) is 35.7 Å². The second-order valence-electron chi connectivity index (χ2n) is 6.88. The Kier molecular flexibility index (Phi) is 5.70. The lowest BCUT2D eigenvalue weighted by Gasteiger charge is -2.38. The van der Waals surface area contributed by atoms with E-state index in [0.717, 1.165) is 12.5 Å². The first-order chi connectivity index (χ1) is 11.8. The standard InChI is InChI=1S/C22H28OSi/c1-3-4-11-19-16-20(23-2)18-24(17-19,21-12-7-5-8-13-21)22-14-9-6-10-15-22/h5-10,12-15,17,20H,3-4,11,16,18H2,1-2H3. The van der Waals surface area contributed by atoms with Gasteiger partial charge < -0.3 is 4.74 Å². The van der Waals surface area contributed by atoms with Crippen molar-refractivity contribution in [3.8, 4) is 0 Å². The van der Waals surface area contributed by atoms with E-state index in [1.165, 1.54) is 29.6 Å². The van der Waals surface area contributed by atoms with Gasteiger partial charge in [-0.3, -0.25) is 0 Å². The Balaban J connectivity index is 2.12. The lowest BCUT2D eigenvalue weighted by Crippen LogP contribution is -2.60. The minimum atomic E-state index is -1.92. The van der Waals surface area contributed by atoms with Gasteiger partial charge in [0, 0.05) is 7.11 Å². The highest BCUT2D eigenvalue weighted by Crippen LogP contribution is 2.30. The van der Waals surface area contributed by atoms with Crippen molar-refractivity contribution in [2.24, 2.45) is 0 Å². The maximum absolute atomic E-state index is 5.89. The van der Waals surface area contributed by atoms with Crippen LogP contribution in [0.3, 0.4) is 0 Å². The van der Waals surface area contributed by atoms with Crippen molar-refractivity contribution in [3.05, 3.63) is 71.9 Å². The molecule has 1 nitrogen and oxygen atoms in total. The summed E-state index contributed by atoms with van der Waals surface area (Å²) in [6.45, 7) is 2.27. The van der Waals surface area contributed by atoms with Gasteiger partial charge in [0.1, 0.15) is 8.07 Å². The summed E-state index contributed by atoms with van der Waals surface area (Å²) in [5.74, 6) is 0. The first kappa shape index (κ1) is 17.2. The van der Waals surface area contributed by atoms with E-state index in [1.807, 2.05) is 7.11 Å². The molecular weight excluding hydrogens is 308 g/mol. The van der Waals surface area contributed by atoms with E-state index >= 15 is 0 Å². The highest BCUT2D eigenvalue weighted by molar-refractivity contribution is 7.06. The zero-order valence-corrected chi connectivity index (χ0v) is 15.9. The van der Waals surface area contributed by atoms with Crippen molar-refractivity contribution in [2.45, 2.75) is 44.8 Å². The van der Waals surface area contributed by atoms with Crippen LogP contribution in [0.5, 0.6) is 0 Å². The largest absolute Gasteiger partial charge is 0.381 e. The highest BCUT2D eigenvalue weighted by Gasteiger charge is 2.40. The number of ether oxygens (including phenoxy) is 1. The Morgan fingerprint density at radius 2 is 1.54 bits per heavy atom. The third-order valence-corrected chi connectivity index (χ3v) is 9.98. The lowest BCUT2D eigenvalue weighted by molar-refractivity contribution is 0.116. The van der Waals surface area contributed by atoms with Crippen LogP contribution < -0.4 is 10.4 Å². The SMILES string of the molecule is CCCCC1=C[Si](c2ccccc2)(c2ccccc2)CC(OC)C1. The molecule has 0 aromatic heterocycles. The van der Waals surface area contributed by atoms with Gasteiger partial charge in [0.05, 0.1) is 6.10 Å². The van der Waals surface area contributed by atoms with E-state index in [-0.39, 0.29) is 0 Å². The summed E-state index contributed by atoms with van der Waals surface area (Å²) in [5.41, 5.74) is 4.29. The van der Waals surface area contributed by atoms with Crippen LogP contribution in [0.15, 0.2) is 71.9 Å². The topological polar surface area (TPSA) is 9.23 Å². The zero-order valence-electron chi connectivity index (χ0n) is 14.9. The predicted molar refractivity (Wildman–Crippen MR) is 106 cm³/mol. The zero-order chi connectivity index (χ0) is 16.8. The average Bonchev–Trinajstić information content (AvgIpc) is 2.67. The molecule has 0 saturated carbocycles. The van der Waals surface area contributed by atoms with Gasteiger partial charge in [-0.15, -0.1) is 0 Å². The first-order valence-electron chi connectivity index (χ1n) is 9.13. The predicted octanol–water partition coefficient (Wildman–Crippen LogP) is 4.32. The van der Waals surface area contributed by atoms with Gasteiger partial charge in [0.25, 0.3) is 0 Å². The van der Waals surface area contributed by atoms with Crippen molar-refractivity contribution < 1.29 is 4.74 Å². The molecule has 2 heteroatoms. The van der Waals surface area contributed by atoms with Crippen LogP contribution in [0.1, 0.15) is 32.6 Å². The molecule has 0 spiro atoms. The third kappa shape index (κ3) is 3.55. The molecule has 0 bridgehead atoms. The van der Waals surface area contributed by atoms with E-state index in [0.29, 0.717) is 6.10 Å². The van der Waals surface area contributed by atoms with Crippen LogP contribution >= 0.6 is 0 Å². The summed E-state index contributed by atoms with van der Waals surface area (Å²) in [6.07, 6.45) is 5.18. The molecule has 3 rings (SSSR count). The highest BCUT2D eigenvalue weighted by atomic mass is 28.3. The fourth-order valence-corrected chi connectivity index (χ4v) is 8.79. The van der Waals surface area contributed by atoms with Crippen LogP contribution in [-0.2, 0) is 4.74 Å². The molecule has 1 aliphatic heterocycles. The number of rotatable bonds is 6. The molecular formula is C22H28OSi. The van der Waals surface area contributed by atoms with Crippen LogP contribution in [0, 0.1) is 0 Å². The lowest BCUT2D eigenvalue weighted by atomic mass is 10.0. The van der Waals surface area contributed by atoms with Crippen molar-refractivity contribution in [3.63, 3.8) is 0 Å². The Labute approximate surface area is 147 Å².